The van der Waals surface area contributed by atoms with E-state index < -0.39 is 18.5 Å². The number of hydrogen-bond donors (Lipinski definition) is 2. The van der Waals surface area contributed by atoms with E-state index in [0.717, 1.165) is 11.8 Å². The molecule has 0 radical (unpaired) electrons. The number of rotatable bonds is 8. The van der Waals surface area contributed by atoms with Gasteiger partial charge in [0.25, 0.3) is 5.91 Å². The Labute approximate surface area is 148 Å². The second-order valence-electron chi connectivity index (χ2n) is 4.68. The predicted octanol–water partition coefficient (Wildman–Crippen LogP) is 1.33. The third-order valence-electron chi connectivity index (χ3n) is 2.68. The topological polar surface area (TPSA) is 110 Å². The Kier molecular flexibility index (Phi) is 7.39. The summed E-state index contributed by atoms with van der Waals surface area (Å²) in [4.78, 5) is 42.7. The Balaban J connectivity index is 1.59. The van der Waals surface area contributed by atoms with Crippen molar-refractivity contribution in [2.45, 2.75) is 0 Å². The standard InChI is InChI=1S/C16H16N4O4S/c21-14(19-12-5-1-3-7-17-12)9-24-16(23)11-25-10-15(22)20-13-6-2-4-8-18-13/h1-8H,9-11H2,(H,17,19,21)(H,18,20,22). The van der Waals surface area contributed by atoms with E-state index in [9.17, 15) is 14.4 Å². The van der Waals surface area contributed by atoms with Crippen molar-refractivity contribution in [2.75, 3.05) is 28.7 Å². The van der Waals surface area contributed by atoms with Gasteiger partial charge in [-0.15, -0.1) is 11.8 Å². The first-order valence-corrected chi connectivity index (χ1v) is 8.44. The molecule has 2 rings (SSSR count). The largest absolute Gasteiger partial charge is 0.455 e. The molecular formula is C16H16N4O4S. The van der Waals surface area contributed by atoms with Crippen LogP contribution >= 0.6 is 11.8 Å². The van der Waals surface area contributed by atoms with Crippen LogP contribution in [0.15, 0.2) is 48.8 Å². The van der Waals surface area contributed by atoms with Crippen molar-refractivity contribution >= 4 is 41.2 Å². The molecular weight excluding hydrogens is 344 g/mol. The normalized spacial score (nSPS) is 9.92. The first-order chi connectivity index (χ1) is 12.1. The first kappa shape index (κ1) is 18.4. The molecule has 0 bridgehead atoms. The van der Waals surface area contributed by atoms with Crippen LogP contribution in [0.5, 0.6) is 0 Å². The van der Waals surface area contributed by atoms with Gasteiger partial charge in [-0.05, 0) is 24.3 Å². The lowest BCUT2D eigenvalue weighted by Gasteiger charge is -2.06. The van der Waals surface area contributed by atoms with Gasteiger partial charge in [0.05, 0.1) is 11.5 Å². The molecule has 2 amide bonds. The summed E-state index contributed by atoms with van der Waals surface area (Å²) >= 11 is 1.09. The monoisotopic (exact) mass is 360 g/mol. The molecule has 0 saturated carbocycles. The summed E-state index contributed by atoms with van der Waals surface area (Å²) in [7, 11) is 0. The van der Waals surface area contributed by atoms with E-state index in [1.54, 1.807) is 42.6 Å². The highest BCUT2D eigenvalue weighted by Crippen LogP contribution is 2.05. The van der Waals surface area contributed by atoms with Gasteiger partial charge in [0.15, 0.2) is 6.61 Å². The summed E-state index contributed by atoms with van der Waals surface area (Å²) in [6, 6.07) is 10.2. The van der Waals surface area contributed by atoms with Crippen molar-refractivity contribution in [1.82, 2.24) is 9.97 Å². The lowest BCUT2D eigenvalue weighted by molar-refractivity contribution is -0.144. The number of anilines is 2. The Bertz CT molecular complexity index is 713. The van der Waals surface area contributed by atoms with Gasteiger partial charge >= 0.3 is 5.97 Å². The first-order valence-electron chi connectivity index (χ1n) is 7.28. The molecule has 9 heteroatoms. The van der Waals surface area contributed by atoms with Crippen molar-refractivity contribution in [3.8, 4) is 0 Å². The van der Waals surface area contributed by atoms with Crippen LogP contribution in [0.25, 0.3) is 0 Å². The van der Waals surface area contributed by atoms with Crippen LogP contribution in [-0.4, -0.2) is 45.9 Å². The van der Waals surface area contributed by atoms with E-state index in [-0.39, 0.29) is 17.4 Å². The molecule has 25 heavy (non-hydrogen) atoms. The number of esters is 1. The molecule has 0 aliphatic carbocycles. The highest BCUT2D eigenvalue weighted by Gasteiger charge is 2.10. The smallest absolute Gasteiger partial charge is 0.316 e. The highest BCUT2D eigenvalue weighted by atomic mass is 32.2. The molecule has 0 spiro atoms. The minimum Gasteiger partial charge on any atom is -0.455 e. The summed E-state index contributed by atoms with van der Waals surface area (Å²) in [6.07, 6.45) is 3.10. The van der Waals surface area contributed by atoms with Crippen LogP contribution in [-0.2, 0) is 19.1 Å². The Morgan fingerprint density at radius 1 is 0.880 bits per heavy atom. The Morgan fingerprint density at radius 3 is 2.04 bits per heavy atom. The number of carbonyl (C=O) groups is 3. The second-order valence-corrected chi connectivity index (χ2v) is 5.67. The predicted molar refractivity (Wildman–Crippen MR) is 94.0 cm³/mol. The number of nitrogens with one attached hydrogen (secondary N) is 2. The van der Waals surface area contributed by atoms with Crippen molar-refractivity contribution in [2.24, 2.45) is 0 Å². The van der Waals surface area contributed by atoms with Gasteiger partial charge in [-0.3, -0.25) is 14.4 Å². The van der Waals surface area contributed by atoms with Crippen molar-refractivity contribution in [1.29, 1.82) is 0 Å². The average Bonchev–Trinajstić information content (AvgIpc) is 2.62. The van der Waals surface area contributed by atoms with Gasteiger partial charge in [0, 0.05) is 12.4 Å². The molecule has 8 nitrogen and oxygen atoms in total. The van der Waals surface area contributed by atoms with E-state index in [0.29, 0.717) is 11.6 Å². The van der Waals surface area contributed by atoms with Crippen LogP contribution in [0.3, 0.4) is 0 Å². The van der Waals surface area contributed by atoms with E-state index in [2.05, 4.69) is 20.6 Å². The van der Waals surface area contributed by atoms with Crippen LogP contribution in [0.4, 0.5) is 11.6 Å². The minimum atomic E-state index is -0.577. The fraction of sp³-hybridized carbons (Fsp3) is 0.188. The maximum atomic E-state index is 11.7. The maximum absolute atomic E-state index is 11.7. The quantitative estimate of drug-likeness (QED) is 0.683. The lowest BCUT2D eigenvalue weighted by atomic mass is 10.4. The third kappa shape index (κ3) is 7.44. The SMILES string of the molecule is O=C(COC(=O)CSCC(=O)Nc1ccccn1)Nc1ccccn1. The van der Waals surface area contributed by atoms with Gasteiger partial charge in [0.1, 0.15) is 11.6 Å². The number of ether oxygens (including phenoxy) is 1. The molecule has 0 aliphatic rings. The third-order valence-corrected chi connectivity index (χ3v) is 3.59. The van der Waals surface area contributed by atoms with E-state index in [4.69, 9.17) is 4.74 Å². The molecule has 0 unspecified atom stereocenters. The fourth-order valence-electron chi connectivity index (χ4n) is 1.65. The van der Waals surface area contributed by atoms with Crippen LogP contribution in [0.2, 0.25) is 0 Å². The summed E-state index contributed by atoms with van der Waals surface area (Å²) < 4.78 is 4.83. The van der Waals surface area contributed by atoms with Crippen molar-refractivity contribution in [3.63, 3.8) is 0 Å². The summed E-state index contributed by atoms with van der Waals surface area (Å²) in [5.41, 5.74) is 0. The molecule has 130 valence electrons. The molecule has 0 fully saturated rings. The van der Waals surface area contributed by atoms with Gasteiger partial charge < -0.3 is 15.4 Å². The van der Waals surface area contributed by atoms with E-state index >= 15 is 0 Å². The van der Waals surface area contributed by atoms with Gasteiger partial charge in [0.2, 0.25) is 5.91 Å². The number of carbonyl (C=O) groups excluding carboxylic acids is 3. The molecule has 2 N–H and O–H groups in total. The zero-order valence-electron chi connectivity index (χ0n) is 13.2. The number of hydrogen-bond acceptors (Lipinski definition) is 7. The summed E-state index contributed by atoms with van der Waals surface area (Å²) in [6.45, 7) is -0.407. The Morgan fingerprint density at radius 2 is 1.48 bits per heavy atom. The van der Waals surface area contributed by atoms with Crippen molar-refractivity contribution in [3.05, 3.63) is 48.8 Å². The van der Waals surface area contributed by atoms with Gasteiger partial charge in [-0.25, -0.2) is 9.97 Å². The summed E-state index contributed by atoms with van der Waals surface area (Å²) in [5, 5.41) is 5.09. The van der Waals surface area contributed by atoms with Crippen LogP contribution in [0, 0.1) is 0 Å². The molecule has 2 aromatic rings. The van der Waals surface area contributed by atoms with E-state index in [1.165, 1.54) is 6.20 Å². The number of aromatic nitrogens is 2. The maximum Gasteiger partial charge on any atom is 0.316 e. The zero-order valence-corrected chi connectivity index (χ0v) is 14.0. The van der Waals surface area contributed by atoms with Crippen LogP contribution in [0.1, 0.15) is 0 Å². The second kappa shape index (κ2) is 10.0. The molecule has 2 heterocycles. The van der Waals surface area contributed by atoms with E-state index in [1.807, 2.05) is 0 Å². The highest BCUT2D eigenvalue weighted by molar-refractivity contribution is 8.00. The molecule has 0 saturated heterocycles. The molecule has 0 aliphatic heterocycles. The Hall–Kier alpha value is -2.94. The molecule has 0 atom stereocenters. The number of amides is 2. The van der Waals surface area contributed by atoms with Gasteiger partial charge in [-0.1, -0.05) is 12.1 Å². The summed E-state index contributed by atoms with van der Waals surface area (Å²) in [5.74, 6) is -0.467. The fourth-order valence-corrected chi connectivity index (χ4v) is 2.26. The number of thioether (sulfide) groups is 1. The molecule has 2 aromatic heterocycles. The van der Waals surface area contributed by atoms with Crippen LogP contribution < -0.4 is 10.6 Å². The molecule has 0 aromatic carbocycles. The average molecular weight is 360 g/mol. The van der Waals surface area contributed by atoms with Crippen molar-refractivity contribution < 1.29 is 19.1 Å². The zero-order chi connectivity index (χ0) is 17.9. The minimum absolute atomic E-state index is 0.0352. The number of pyridine rings is 2. The number of nitrogens with zero attached hydrogens (tertiary/aromatic N) is 2. The lowest BCUT2D eigenvalue weighted by Crippen LogP contribution is -2.22. The van der Waals surface area contributed by atoms with Gasteiger partial charge in [-0.2, -0.15) is 0 Å².